The van der Waals surface area contributed by atoms with Crippen LogP contribution < -0.4 is 14.4 Å². The number of methoxy groups -OCH3 is 1. The molecule has 1 N–H and O–H groups in total. The highest BCUT2D eigenvalue weighted by Gasteiger charge is 2.22. The summed E-state index contributed by atoms with van der Waals surface area (Å²) in [6.07, 6.45) is 0.916. The summed E-state index contributed by atoms with van der Waals surface area (Å²) < 4.78 is 35.5. The Hall–Kier alpha value is -3.46. The fraction of sp³-hybridized carbons (Fsp3) is 0.261. The molecule has 0 fully saturated rings. The van der Waals surface area contributed by atoms with Crippen LogP contribution in [0.1, 0.15) is 26.5 Å². The van der Waals surface area contributed by atoms with E-state index in [1.54, 1.807) is 38.3 Å². The van der Waals surface area contributed by atoms with Gasteiger partial charge in [0.05, 0.1) is 31.0 Å². The van der Waals surface area contributed by atoms with Crippen molar-refractivity contribution in [1.82, 2.24) is 9.71 Å². The largest absolute Gasteiger partial charge is 0.491 e. The van der Waals surface area contributed by atoms with Gasteiger partial charge in [0.15, 0.2) is 5.13 Å². The third kappa shape index (κ3) is 6.77. The summed E-state index contributed by atoms with van der Waals surface area (Å²) in [6.45, 7) is 3.07. The number of thiazole rings is 1. The van der Waals surface area contributed by atoms with Gasteiger partial charge in [0.25, 0.3) is 5.91 Å². The summed E-state index contributed by atoms with van der Waals surface area (Å²) in [5, 5.41) is 9.64. The van der Waals surface area contributed by atoms with Crippen molar-refractivity contribution in [2.45, 2.75) is 13.5 Å². The highest BCUT2D eigenvalue weighted by Crippen LogP contribution is 2.33. The van der Waals surface area contributed by atoms with Gasteiger partial charge in [-0.1, -0.05) is 12.1 Å². The van der Waals surface area contributed by atoms with Crippen molar-refractivity contribution in [3.05, 3.63) is 70.2 Å². The first kappa shape index (κ1) is 25.2. The minimum absolute atomic E-state index is 0.0472. The molecule has 0 spiro atoms. The molecule has 3 rings (SSSR count). The highest BCUT2D eigenvalue weighted by atomic mass is 32.2. The zero-order chi connectivity index (χ0) is 24.7. The van der Waals surface area contributed by atoms with E-state index in [-0.39, 0.29) is 5.69 Å². The predicted octanol–water partition coefficient (Wildman–Crippen LogP) is 3.38. The molecule has 1 heterocycles. The summed E-state index contributed by atoms with van der Waals surface area (Å²) in [5.74, 6) is -0.0598. The zero-order valence-electron chi connectivity index (χ0n) is 18.9. The van der Waals surface area contributed by atoms with Crippen LogP contribution in [-0.2, 0) is 21.3 Å². The molecule has 0 radical (unpaired) electrons. The number of aromatic nitrogens is 1. The van der Waals surface area contributed by atoms with Crippen LogP contribution in [0.25, 0.3) is 0 Å². The van der Waals surface area contributed by atoms with Crippen molar-refractivity contribution >= 4 is 38.1 Å². The lowest BCUT2D eigenvalue weighted by molar-refractivity contribution is 0.0977. The lowest BCUT2D eigenvalue weighted by atomic mass is 10.1. The topological polar surface area (TPSA) is 122 Å². The normalized spacial score (nSPS) is 11.0. The van der Waals surface area contributed by atoms with Crippen LogP contribution in [0.15, 0.2) is 48.5 Å². The fourth-order valence-corrected chi connectivity index (χ4v) is 4.39. The van der Waals surface area contributed by atoms with Gasteiger partial charge in [-0.2, -0.15) is 5.26 Å². The average molecular weight is 501 g/mol. The molecule has 9 nitrogen and oxygen atoms in total. The Morgan fingerprint density at radius 1 is 1.15 bits per heavy atom. The predicted molar refractivity (Wildman–Crippen MR) is 130 cm³/mol. The molecule has 0 aliphatic carbocycles. The van der Waals surface area contributed by atoms with E-state index in [1.165, 1.54) is 11.3 Å². The first-order valence-corrected chi connectivity index (χ1v) is 12.9. The maximum absolute atomic E-state index is 12.4. The lowest BCUT2D eigenvalue weighted by Crippen LogP contribution is -2.30. The third-order valence-corrected chi connectivity index (χ3v) is 6.19. The van der Waals surface area contributed by atoms with Crippen LogP contribution in [-0.4, -0.2) is 45.9 Å². The van der Waals surface area contributed by atoms with E-state index in [9.17, 15) is 13.2 Å². The maximum Gasteiger partial charge on any atom is 0.284 e. The zero-order valence-corrected chi connectivity index (χ0v) is 20.6. The van der Waals surface area contributed by atoms with E-state index < -0.39 is 15.9 Å². The van der Waals surface area contributed by atoms with Gasteiger partial charge in [0.1, 0.15) is 18.1 Å². The number of nitrogens with one attached hydrogen (secondary N) is 1. The number of nitriles is 1. The molecule has 0 aliphatic rings. The van der Waals surface area contributed by atoms with E-state index in [4.69, 9.17) is 14.7 Å². The highest BCUT2D eigenvalue weighted by molar-refractivity contribution is 7.89. The van der Waals surface area contributed by atoms with E-state index in [1.807, 2.05) is 33.9 Å². The molecule has 0 saturated heterocycles. The molecule has 34 heavy (non-hydrogen) atoms. The van der Waals surface area contributed by atoms with Crippen LogP contribution in [0.3, 0.4) is 0 Å². The van der Waals surface area contributed by atoms with Crippen molar-refractivity contribution in [3.8, 4) is 11.8 Å². The molecular formula is C23H24N4O5S2. The summed E-state index contributed by atoms with van der Waals surface area (Å²) in [6, 6.07) is 16.7. The Bertz CT molecular complexity index is 1280. The molecular weight excluding hydrogens is 476 g/mol. The van der Waals surface area contributed by atoms with Crippen molar-refractivity contribution in [2.75, 3.05) is 31.5 Å². The Kier molecular flexibility index (Phi) is 8.22. The Labute approximate surface area is 202 Å². The second kappa shape index (κ2) is 11.1. The quantitative estimate of drug-likeness (QED) is 0.421. The number of hydrogen-bond acceptors (Lipinski definition) is 9. The van der Waals surface area contributed by atoms with Crippen LogP contribution in [0.4, 0.5) is 10.8 Å². The van der Waals surface area contributed by atoms with E-state index >= 15 is 0 Å². The first-order valence-electron chi connectivity index (χ1n) is 10.2. The second-order valence-corrected chi connectivity index (χ2v) is 10.3. The number of aryl methyl sites for hydroxylation is 1. The summed E-state index contributed by atoms with van der Waals surface area (Å²) in [4.78, 5) is 19.3. The monoisotopic (exact) mass is 500 g/mol. The number of rotatable bonds is 10. The Morgan fingerprint density at radius 3 is 2.41 bits per heavy atom. The minimum atomic E-state index is -3.72. The molecule has 1 aromatic heterocycles. The van der Waals surface area contributed by atoms with Crippen molar-refractivity contribution in [3.63, 3.8) is 0 Å². The van der Waals surface area contributed by atoms with Gasteiger partial charge < -0.3 is 14.4 Å². The number of ether oxygens (including phenoxy) is 2. The van der Waals surface area contributed by atoms with Crippen LogP contribution in [0.5, 0.6) is 5.75 Å². The molecule has 0 bridgehead atoms. The number of carbonyl (C=O) groups is 1. The number of sulfonamides is 1. The number of benzene rings is 2. The maximum atomic E-state index is 12.4. The smallest absolute Gasteiger partial charge is 0.284 e. The van der Waals surface area contributed by atoms with E-state index in [2.05, 4.69) is 11.1 Å². The van der Waals surface area contributed by atoms with Gasteiger partial charge in [-0.15, -0.1) is 11.3 Å². The number of nitrogens with zero attached hydrogens (tertiary/aromatic N) is 3. The SMILES string of the molecule is COCCOc1ccc(CN(c2ccc(C#N)cc2)c2nc(C(=O)NS(C)(=O)=O)c(C)s2)cc1. The number of hydrogen-bond donors (Lipinski definition) is 1. The van der Waals surface area contributed by atoms with Gasteiger partial charge in [-0.25, -0.2) is 18.1 Å². The van der Waals surface area contributed by atoms with Gasteiger partial charge in [-0.3, -0.25) is 4.79 Å². The molecule has 1 amide bonds. The van der Waals surface area contributed by atoms with Gasteiger partial charge >= 0.3 is 0 Å². The van der Waals surface area contributed by atoms with Gasteiger partial charge in [0, 0.05) is 17.7 Å². The molecule has 0 aliphatic heterocycles. The standard InChI is InChI=1S/C23H24N4O5S2/c1-16-21(22(28)26-34(3,29)30)25-23(33-16)27(19-8-4-17(14-24)5-9-19)15-18-6-10-20(11-7-18)32-13-12-31-2/h4-11H,12-13,15H2,1-3H3,(H,26,28). The molecule has 2 aromatic carbocycles. The Morgan fingerprint density at radius 2 is 1.82 bits per heavy atom. The molecule has 0 atom stereocenters. The number of anilines is 2. The number of amides is 1. The average Bonchev–Trinajstić information content (AvgIpc) is 3.19. The molecule has 11 heteroatoms. The number of carbonyl (C=O) groups excluding carboxylic acids is 1. The molecule has 3 aromatic rings. The third-order valence-electron chi connectivity index (χ3n) is 4.64. The van der Waals surface area contributed by atoms with Crippen LogP contribution in [0.2, 0.25) is 0 Å². The second-order valence-electron chi connectivity index (χ2n) is 7.33. The fourth-order valence-electron chi connectivity index (χ4n) is 3.03. The lowest BCUT2D eigenvalue weighted by Gasteiger charge is -2.22. The summed E-state index contributed by atoms with van der Waals surface area (Å²) >= 11 is 1.27. The summed E-state index contributed by atoms with van der Waals surface area (Å²) in [5.41, 5.74) is 2.29. The summed E-state index contributed by atoms with van der Waals surface area (Å²) in [7, 11) is -2.11. The Balaban J connectivity index is 1.91. The molecule has 0 unspecified atom stereocenters. The molecule has 0 saturated carbocycles. The molecule has 178 valence electrons. The van der Waals surface area contributed by atoms with Crippen molar-refractivity contribution in [1.29, 1.82) is 5.26 Å². The van der Waals surface area contributed by atoms with Crippen LogP contribution >= 0.6 is 11.3 Å². The van der Waals surface area contributed by atoms with E-state index in [0.717, 1.165) is 23.3 Å². The van der Waals surface area contributed by atoms with Crippen molar-refractivity contribution in [2.24, 2.45) is 0 Å². The van der Waals surface area contributed by atoms with E-state index in [0.29, 0.717) is 35.3 Å². The van der Waals surface area contributed by atoms with Gasteiger partial charge in [0.2, 0.25) is 10.0 Å². The van der Waals surface area contributed by atoms with Crippen LogP contribution in [0, 0.1) is 18.3 Å². The first-order chi connectivity index (χ1) is 16.2. The van der Waals surface area contributed by atoms with Gasteiger partial charge in [-0.05, 0) is 48.9 Å². The minimum Gasteiger partial charge on any atom is -0.491 e. The van der Waals surface area contributed by atoms with Crippen molar-refractivity contribution < 1.29 is 22.7 Å².